The third-order valence-electron chi connectivity index (χ3n) is 3.94. The zero-order chi connectivity index (χ0) is 17.1. The summed E-state index contributed by atoms with van der Waals surface area (Å²) in [4.78, 5) is 4.27. The quantitative estimate of drug-likeness (QED) is 0.605. The SMILES string of the molecule is OCc1cccc(Oc2nn(Cc3ccccc3)c3ccccc23)n1. The van der Waals surface area contributed by atoms with E-state index in [1.165, 1.54) is 5.56 Å². The molecule has 4 rings (SSSR count). The van der Waals surface area contributed by atoms with Crippen LogP contribution in [-0.2, 0) is 13.2 Å². The molecule has 0 saturated carbocycles. The van der Waals surface area contributed by atoms with Gasteiger partial charge in [-0.2, -0.15) is 0 Å². The minimum atomic E-state index is -0.125. The Bertz CT molecular complexity index is 996. The summed E-state index contributed by atoms with van der Waals surface area (Å²) in [7, 11) is 0. The molecule has 0 unspecified atom stereocenters. The van der Waals surface area contributed by atoms with E-state index >= 15 is 0 Å². The van der Waals surface area contributed by atoms with Crippen LogP contribution in [0, 0.1) is 0 Å². The van der Waals surface area contributed by atoms with E-state index in [0.717, 1.165) is 10.9 Å². The average Bonchev–Trinajstić information content (AvgIpc) is 3.00. The van der Waals surface area contributed by atoms with Crippen LogP contribution in [0.3, 0.4) is 0 Å². The molecule has 25 heavy (non-hydrogen) atoms. The van der Waals surface area contributed by atoms with E-state index in [9.17, 15) is 5.11 Å². The summed E-state index contributed by atoms with van der Waals surface area (Å²) in [6.45, 7) is 0.537. The lowest BCUT2D eigenvalue weighted by molar-refractivity contribution is 0.275. The van der Waals surface area contributed by atoms with Crippen molar-refractivity contribution >= 4 is 10.9 Å². The molecule has 5 heteroatoms. The van der Waals surface area contributed by atoms with Crippen molar-refractivity contribution in [3.63, 3.8) is 0 Å². The largest absolute Gasteiger partial charge is 0.418 e. The van der Waals surface area contributed by atoms with Crippen LogP contribution in [0.15, 0.2) is 72.8 Å². The van der Waals surface area contributed by atoms with E-state index in [1.54, 1.807) is 18.2 Å². The van der Waals surface area contributed by atoms with Crippen LogP contribution in [0.1, 0.15) is 11.3 Å². The van der Waals surface area contributed by atoms with E-state index in [0.29, 0.717) is 24.0 Å². The van der Waals surface area contributed by atoms with Gasteiger partial charge < -0.3 is 9.84 Å². The van der Waals surface area contributed by atoms with Gasteiger partial charge in [0.05, 0.1) is 29.7 Å². The Morgan fingerprint density at radius 2 is 1.68 bits per heavy atom. The van der Waals surface area contributed by atoms with Crippen LogP contribution in [0.2, 0.25) is 0 Å². The first-order valence-corrected chi connectivity index (χ1v) is 8.07. The van der Waals surface area contributed by atoms with E-state index in [4.69, 9.17) is 4.74 Å². The third kappa shape index (κ3) is 3.22. The van der Waals surface area contributed by atoms with Crippen LogP contribution in [0.4, 0.5) is 0 Å². The first kappa shape index (κ1) is 15.4. The molecular weight excluding hydrogens is 314 g/mol. The van der Waals surface area contributed by atoms with Gasteiger partial charge in [0, 0.05) is 6.07 Å². The zero-order valence-corrected chi connectivity index (χ0v) is 13.5. The maximum Gasteiger partial charge on any atom is 0.247 e. The van der Waals surface area contributed by atoms with Crippen LogP contribution in [-0.4, -0.2) is 19.9 Å². The number of hydrogen-bond donors (Lipinski definition) is 1. The lowest BCUT2D eigenvalue weighted by Crippen LogP contribution is -2.01. The Morgan fingerprint density at radius 3 is 2.52 bits per heavy atom. The van der Waals surface area contributed by atoms with E-state index in [-0.39, 0.29) is 6.61 Å². The molecular formula is C20H17N3O2. The molecule has 0 bridgehead atoms. The summed E-state index contributed by atoms with van der Waals surface area (Å²) in [5.74, 6) is 0.927. The fraction of sp³-hybridized carbons (Fsp3) is 0.100. The van der Waals surface area contributed by atoms with Gasteiger partial charge in [0.25, 0.3) is 0 Å². The fourth-order valence-electron chi connectivity index (χ4n) is 2.75. The molecule has 0 spiro atoms. The van der Waals surface area contributed by atoms with Gasteiger partial charge in [0.15, 0.2) is 0 Å². The van der Waals surface area contributed by atoms with Crippen LogP contribution in [0.25, 0.3) is 10.9 Å². The molecule has 0 amide bonds. The van der Waals surface area contributed by atoms with Gasteiger partial charge in [-0.25, -0.2) is 4.98 Å². The van der Waals surface area contributed by atoms with Gasteiger partial charge in [0.1, 0.15) is 0 Å². The number of aromatic nitrogens is 3. The summed E-state index contributed by atoms with van der Waals surface area (Å²) >= 11 is 0. The van der Waals surface area contributed by atoms with Gasteiger partial charge in [-0.05, 0) is 23.8 Å². The number of pyridine rings is 1. The maximum absolute atomic E-state index is 9.23. The standard InChI is InChI=1S/C20H17N3O2/c24-14-16-9-6-12-19(21-16)25-20-17-10-4-5-11-18(17)23(22-20)13-15-7-2-1-3-8-15/h1-12,24H,13-14H2. The Hall–Kier alpha value is -3.18. The van der Waals surface area contributed by atoms with E-state index in [2.05, 4.69) is 22.2 Å². The Kier molecular flexibility index (Phi) is 4.14. The Balaban J connectivity index is 1.71. The topological polar surface area (TPSA) is 60.2 Å². The van der Waals surface area contributed by atoms with Crippen molar-refractivity contribution in [1.29, 1.82) is 0 Å². The molecule has 0 radical (unpaired) electrons. The number of ether oxygens (including phenoxy) is 1. The molecule has 2 aromatic carbocycles. The lowest BCUT2D eigenvalue weighted by atomic mass is 10.2. The monoisotopic (exact) mass is 331 g/mol. The molecule has 0 atom stereocenters. The summed E-state index contributed by atoms with van der Waals surface area (Å²) in [5, 5.41) is 14.8. The van der Waals surface area contributed by atoms with Crippen LogP contribution < -0.4 is 4.74 Å². The minimum absolute atomic E-state index is 0.125. The molecule has 4 aromatic rings. The number of para-hydroxylation sites is 1. The number of fused-ring (bicyclic) bond motifs is 1. The highest BCUT2D eigenvalue weighted by atomic mass is 16.5. The highest BCUT2D eigenvalue weighted by molar-refractivity contribution is 5.84. The first-order chi connectivity index (χ1) is 12.3. The van der Waals surface area contributed by atoms with Crippen LogP contribution >= 0.6 is 0 Å². The number of benzene rings is 2. The summed E-state index contributed by atoms with van der Waals surface area (Å²) in [6, 6.07) is 23.4. The smallest absolute Gasteiger partial charge is 0.247 e. The maximum atomic E-state index is 9.23. The summed E-state index contributed by atoms with van der Waals surface area (Å²) in [6.07, 6.45) is 0. The highest BCUT2D eigenvalue weighted by Gasteiger charge is 2.13. The van der Waals surface area contributed by atoms with Crippen molar-refractivity contribution in [1.82, 2.24) is 14.8 Å². The Labute approximate surface area is 145 Å². The second kappa shape index (κ2) is 6.75. The molecule has 124 valence electrons. The van der Waals surface area contributed by atoms with Crippen molar-refractivity contribution in [2.24, 2.45) is 0 Å². The molecule has 1 N–H and O–H groups in total. The summed E-state index contributed by atoms with van der Waals surface area (Å²) < 4.78 is 7.82. The molecule has 0 saturated heterocycles. The second-order valence-corrected chi connectivity index (χ2v) is 5.69. The van der Waals surface area contributed by atoms with Gasteiger partial charge >= 0.3 is 0 Å². The van der Waals surface area contributed by atoms with Crippen LogP contribution in [0.5, 0.6) is 11.8 Å². The molecule has 2 aromatic heterocycles. The summed E-state index contributed by atoms with van der Waals surface area (Å²) in [5.41, 5.74) is 2.73. The van der Waals surface area contributed by atoms with Crippen molar-refractivity contribution < 1.29 is 9.84 Å². The number of aliphatic hydroxyl groups excluding tert-OH is 1. The predicted molar refractivity (Wildman–Crippen MR) is 95.5 cm³/mol. The Morgan fingerprint density at radius 1 is 0.880 bits per heavy atom. The number of nitrogens with zero attached hydrogens (tertiary/aromatic N) is 3. The zero-order valence-electron chi connectivity index (χ0n) is 13.5. The highest BCUT2D eigenvalue weighted by Crippen LogP contribution is 2.28. The normalized spacial score (nSPS) is 10.9. The molecule has 5 nitrogen and oxygen atoms in total. The third-order valence-corrected chi connectivity index (χ3v) is 3.94. The predicted octanol–water partition coefficient (Wildman–Crippen LogP) is 3.76. The van der Waals surface area contributed by atoms with Gasteiger partial charge in [-0.1, -0.05) is 48.5 Å². The van der Waals surface area contributed by atoms with Gasteiger partial charge in [0.2, 0.25) is 11.8 Å². The molecule has 0 aliphatic carbocycles. The number of rotatable bonds is 5. The second-order valence-electron chi connectivity index (χ2n) is 5.69. The van der Waals surface area contributed by atoms with E-state index < -0.39 is 0 Å². The van der Waals surface area contributed by atoms with Crippen molar-refractivity contribution in [2.75, 3.05) is 0 Å². The van der Waals surface area contributed by atoms with Gasteiger partial charge in [-0.15, -0.1) is 5.10 Å². The number of aliphatic hydroxyl groups is 1. The van der Waals surface area contributed by atoms with E-state index in [1.807, 2.05) is 47.1 Å². The van der Waals surface area contributed by atoms with Crippen molar-refractivity contribution in [3.05, 3.63) is 84.1 Å². The minimum Gasteiger partial charge on any atom is -0.418 e. The lowest BCUT2D eigenvalue weighted by Gasteiger charge is -2.04. The molecule has 2 heterocycles. The molecule has 0 aliphatic rings. The fourth-order valence-corrected chi connectivity index (χ4v) is 2.75. The molecule has 0 aliphatic heterocycles. The van der Waals surface area contributed by atoms with Crippen molar-refractivity contribution in [2.45, 2.75) is 13.2 Å². The number of hydrogen-bond acceptors (Lipinski definition) is 4. The first-order valence-electron chi connectivity index (χ1n) is 8.07. The van der Waals surface area contributed by atoms with Gasteiger partial charge in [-0.3, -0.25) is 4.68 Å². The average molecular weight is 331 g/mol. The van der Waals surface area contributed by atoms with Crippen molar-refractivity contribution in [3.8, 4) is 11.8 Å². The molecule has 0 fully saturated rings.